The first-order valence-electron chi connectivity index (χ1n) is 3.09. The van der Waals surface area contributed by atoms with E-state index in [2.05, 4.69) is 0 Å². The first-order chi connectivity index (χ1) is 5.55. The molecule has 0 radical (unpaired) electrons. The van der Waals surface area contributed by atoms with Gasteiger partial charge in [-0.15, -0.1) is 0 Å². The lowest BCUT2D eigenvalue weighted by atomic mass is 10.2. The van der Waals surface area contributed by atoms with Crippen molar-refractivity contribution < 1.29 is 17.5 Å². The smallest absolute Gasteiger partial charge is 0.301 e. The second-order valence-electron chi connectivity index (χ2n) is 2.13. The molecule has 1 rings (SSSR count). The Morgan fingerprint density at radius 1 is 1.25 bits per heavy atom. The minimum absolute atomic E-state index is 0.453. The summed E-state index contributed by atoms with van der Waals surface area (Å²) in [6, 6.07) is 6.54. The highest BCUT2D eigenvalue weighted by Gasteiger charge is 2.38. The topological polar surface area (TPSA) is 37.3 Å². The molecule has 0 fully saturated rings. The summed E-state index contributed by atoms with van der Waals surface area (Å²) >= 11 is -3.16. The zero-order valence-electron chi connectivity index (χ0n) is 5.91. The summed E-state index contributed by atoms with van der Waals surface area (Å²) in [5, 5.41) is -3.68. The molecule has 0 aromatic heterocycles. The quantitative estimate of drug-likeness (QED) is 0.727. The summed E-state index contributed by atoms with van der Waals surface area (Å²) in [4.78, 5) is 0. The summed E-state index contributed by atoms with van der Waals surface area (Å²) in [7, 11) is 0. The fourth-order valence-electron chi connectivity index (χ4n) is 0.733. The maximum Gasteiger partial charge on any atom is 0.370 e. The van der Waals surface area contributed by atoms with Crippen LogP contribution in [-0.4, -0.2) is 8.76 Å². The maximum absolute atomic E-state index is 12.7. The van der Waals surface area contributed by atoms with Crippen molar-refractivity contribution in [2.75, 3.05) is 0 Å². The SMILES string of the molecule is O=S(O)C(F)(F)c1ccccc1. The van der Waals surface area contributed by atoms with Crippen LogP contribution in [0.4, 0.5) is 8.78 Å². The molecule has 12 heavy (non-hydrogen) atoms. The predicted molar refractivity (Wildman–Crippen MR) is 41.1 cm³/mol. The Kier molecular flexibility index (Phi) is 2.54. The van der Waals surface area contributed by atoms with Crippen LogP contribution in [0.25, 0.3) is 0 Å². The van der Waals surface area contributed by atoms with E-state index < -0.39 is 21.9 Å². The average Bonchev–Trinajstić information content (AvgIpc) is 2.06. The first-order valence-corrected chi connectivity index (χ1v) is 4.20. The van der Waals surface area contributed by atoms with E-state index in [1.165, 1.54) is 12.1 Å². The van der Waals surface area contributed by atoms with E-state index in [-0.39, 0.29) is 0 Å². The summed E-state index contributed by atoms with van der Waals surface area (Å²) < 4.78 is 43.9. The highest BCUT2D eigenvalue weighted by molar-refractivity contribution is 7.79. The molecule has 0 saturated heterocycles. The third kappa shape index (κ3) is 1.67. The van der Waals surface area contributed by atoms with Crippen molar-refractivity contribution in [1.29, 1.82) is 0 Å². The largest absolute Gasteiger partial charge is 0.370 e. The number of alkyl halides is 2. The van der Waals surface area contributed by atoms with Crippen molar-refractivity contribution in [1.82, 2.24) is 0 Å². The van der Waals surface area contributed by atoms with E-state index in [9.17, 15) is 13.0 Å². The molecule has 1 N–H and O–H groups in total. The molecular weight excluding hydrogens is 186 g/mol. The molecule has 0 spiro atoms. The predicted octanol–water partition coefficient (Wildman–Crippen LogP) is 1.96. The minimum Gasteiger partial charge on any atom is -0.301 e. The summed E-state index contributed by atoms with van der Waals surface area (Å²) in [6.07, 6.45) is 0. The Labute approximate surface area is 70.5 Å². The lowest BCUT2D eigenvalue weighted by Gasteiger charge is -2.10. The van der Waals surface area contributed by atoms with Gasteiger partial charge < -0.3 is 4.55 Å². The van der Waals surface area contributed by atoms with Gasteiger partial charge in [-0.2, -0.15) is 8.78 Å². The molecule has 0 aliphatic rings. The molecule has 0 aliphatic carbocycles. The molecule has 0 amide bonds. The second kappa shape index (κ2) is 3.28. The summed E-state index contributed by atoms with van der Waals surface area (Å²) in [6.45, 7) is 0. The van der Waals surface area contributed by atoms with E-state index in [1.807, 2.05) is 0 Å². The van der Waals surface area contributed by atoms with Crippen molar-refractivity contribution in [3.05, 3.63) is 35.9 Å². The van der Waals surface area contributed by atoms with E-state index in [0.717, 1.165) is 12.1 Å². The van der Waals surface area contributed by atoms with Crippen molar-refractivity contribution in [3.63, 3.8) is 0 Å². The van der Waals surface area contributed by atoms with Crippen LogP contribution in [-0.2, 0) is 16.3 Å². The van der Waals surface area contributed by atoms with Crippen LogP contribution in [0.1, 0.15) is 5.56 Å². The fourth-order valence-corrected chi connectivity index (χ4v) is 1.07. The Bertz CT molecular complexity index is 287. The minimum atomic E-state index is -3.68. The standard InChI is InChI=1S/C7H6F2O2S/c8-7(9,12(10)11)6-4-2-1-3-5-6/h1-5H,(H,10,11). The molecule has 0 bridgehead atoms. The van der Waals surface area contributed by atoms with E-state index >= 15 is 0 Å². The van der Waals surface area contributed by atoms with Gasteiger partial charge in [-0.25, -0.2) is 4.21 Å². The molecule has 1 unspecified atom stereocenters. The number of hydrogen-bond acceptors (Lipinski definition) is 1. The van der Waals surface area contributed by atoms with Crippen LogP contribution in [0, 0.1) is 0 Å². The van der Waals surface area contributed by atoms with Gasteiger partial charge in [-0.05, 0) is 0 Å². The molecule has 0 saturated carbocycles. The van der Waals surface area contributed by atoms with Gasteiger partial charge >= 0.3 is 5.25 Å². The number of halogens is 2. The molecule has 1 aromatic carbocycles. The van der Waals surface area contributed by atoms with Crippen molar-refractivity contribution in [2.24, 2.45) is 0 Å². The molecule has 1 aromatic rings. The highest BCUT2D eigenvalue weighted by atomic mass is 32.2. The molecular formula is C7H6F2O2S. The fraction of sp³-hybridized carbons (Fsp3) is 0.143. The summed E-state index contributed by atoms with van der Waals surface area (Å²) in [5.74, 6) is 0. The van der Waals surface area contributed by atoms with E-state index in [0.29, 0.717) is 0 Å². The van der Waals surface area contributed by atoms with Crippen LogP contribution in [0.3, 0.4) is 0 Å². The van der Waals surface area contributed by atoms with Crippen LogP contribution in [0.5, 0.6) is 0 Å². The maximum atomic E-state index is 12.7. The average molecular weight is 192 g/mol. The van der Waals surface area contributed by atoms with Gasteiger partial charge in [0.1, 0.15) is 0 Å². The Hall–Kier alpha value is -0.810. The van der Waals surface area contributed by atoms with Crippen LogP contribution >= 0.6 is 0 Å². The zero-order chi connectivity index (χ0) is 9.19. The summed E-state index contributed by atoms with van der Waals surface area (Å²) in [5.41, 5.74) is -0.453. The Morgan fingerprint density at radius 3 is 2.17 bits per heavy atom. The third-order valence-corrected chi connectivity index (χ3v) is 2.00. The van der Waals surface area contributed by atoms with Gasteiger partial charge in [0.15, 0.2) is 0 Å². The number of benzene rings is 1. The van der Waals surface area contributed by atoms with Gasteiger partial charge in [-0.1, -0.05) is 30.3 Å². The monoisotopic (exact) mass is 192 g/mol. The second-order valence-corrected chi connectivity index (χ2v) is 3.14. The van der Waals surface area contributed by atoms with Gasteiger partial charge in [0.2, 0.25) is 11.1 Å². The molecule has 0 heterocycles. The lowest BCUT2D eigenvalue weighted by molar-refractivity contribution is 0.0886. The zero-order valence-corrected chi connectivity index (χ0v) is 6.72. The van der Waals surface area contributed by atoms with Crippen molar-refractivity contribution in [2.45, 2.75) is 5.25 Å². The van der Waals surface area contributed by atoms with Crippen LogP contribution < -0.4 is 0 Å². The molecule has 66 valence electrons. The lowest BCUT2D eigenvalue weighted by Crippen LogP contribution is -2.19. The molecule has 2 nitrogen and oxygen atoms in total. The van der Waals surface area contributed by atoms with Crippen LogP contribution in [0.15, 0.2) is 30.3 Å². The molecule has 5 heteroatoms. The van der Waals surface area contributed by atoms with E-state index in [1.54, 1.807) is 6.07 Å². The first kappa shape index (κ1) is 9.28. The number of hydrogen-bond donors (Lipinski definition) is 1. The molecule has 0 aliphatic heterocycles. The number of rotatable bonds is 2. The Balaban J connectivity index is 3.06. The highest BCUT2D eigenvalue weighted by Crippen LogP contribution is 2.30. The van der Waals surface area contributed by atoms with Crippen molar-refractivity contribution >= 4 is 11.1 Å². The Morgan fingerprint density at radius 2 is 1.75 bits per heavy atom. The van der Waals surface area contributed by atoms with Gasteiger partial charge in [0, 0.05) is 5.56 Å². The van der Waals surface area contributed by atoms with Crippen molar-refractivity contribution in [3.8, 4) is 0 Å². The van der Waals surface area contributed by atoms with Gasteiger partial charge in [-0.3, -0.25) is 0 Å². The van der Waals surface area contributed by atoms with Crippen LogP contribution in [0.2, 0.25) is 0 Å². The molecule has 1 atom stereocenters. The normalized spacial score (nSPS) is 14.2. The van der Waals surface area contributed by atoms with Gasteiger partial charge in [0.25, 0.3) is 0 Å². The van der Waals surface area contributed by atoms with Gasteiger partial charge in [0.05, 0.1) is 0 Å². The van der Waals surface area contributed by atoms with E-state index in [4.69, 9.17) is 4.55 Å². The third-order valence-electron chi connectivity index (χ3n) is 1.33.